The van der Waals surface area contributed by atoms with E-state index in [-0.39, 0.29) is 17.9 Å². The maximum atomic E-state index is 12.9. The van der Waals surface area contributed by atoms with Crippen LogP contribution in [0.15, 0.2) is 28.8 Å². The fraction of sp³-hybridized carbons (Fsp3) is 0.500. The molecule has 3 heterocycles. The first-order chi connectivity index (χ1) is 12.1. The number of nitrogens with zero attached hydrogens (tertiary/aromatic N) is 3. The van der Waals surface area contributed by atoms with Gasteiger partial charge < -0.3 is 18.9 Å². The molecule has 0 spiro atoms. The Kier molecular flexibility index (Phi) is 4.07. The topological polar surface area (TPSA) is 77.7 Å². The number of para-hydroxylation sites is 2. The molecule has 132 valence electrons. The van der Waals surface area contributed by atoms with E-state index in [0.717, 1.165) is 12.8 Å². The van der Waals surface area contributed by atoms with E-state index in [1.54, 1.807) is 0 Å². The molecule has 1 fully saturated rings. The van der Waals surface area contributed by atoms with Gasteiger partial charge in [0.25, 0.3) is 5.91 Å². The number of amides is 1. The summed E-state index contributed by atoms with van der Waals surface area (Å²) in [5.74, 6) is 2.81. The van der Waals surface area contributed by atoms with Crippen LogP contribution in [-0.2, 0) is 4.79 Å². The van der Waals surface area contributed by atoms with E-state index < -0.39 is 6.10 Å². The van der Waals surface area contributed by atoms with Crippen LogP contribution in [0.1, 0.15) is 37.4 Å². The van der Waals surface area contributed by atoms with Gasteiger partial charge in [-0.1, -0.05) is 17.3 Å². The second kappa shape index (κ2) is 6.38. The molecule has 2 aliphatic rings. The molecule has 4 rings (SSSR count). The number of benzene rings is 1. The third-order valence-corrected chi connectivity index (χ3v) is 4.78. The average Bonchev–Trinajstić information content (AvgIpc) is 3.07. The minimum Gasteiger partial charge on any atom is -0.482 e. The van der Waals surface area contributed by atoms with Gasteiger partial charge in [-0.05, 0) is 38.8 Å². The summed E-state index contributed by atoms with van der Waals surface area (Å²) in [7, 11) is 0. The molecule has 0 bridgehead atoms. The van der Waals surface area contributed by atoms with Crippen molar-refractivity contribution in [1.29, 1.82) is 0 Å². The Balaban J connectivity index is 1.41. The third kappa shape index (κ3) is 3.06. The molecule has 1 aromatic heterocycles. The van der Waals surface area contributed by atoms with Crippen LogP contribution in [0.2, 0.25) is 0 Å². The summed E-state index contributed by atoms with van der Waals surface area (Å²) in [5.41, 5.74) is 0. The SMILES string of the molecule is Cc1noc(C2CCN(C(=O)[C@H]3Oc4ccccc4O[C@H]3C)CC2)n1. The van der Waals surface area contributed by atoms with E-state index in [9.17, 15) is 4.79 Å². The van der Waals surface area contributed by atoms with E-state index in [1.165, 1.54) is 0 Å². The van der Waals surface area contributed by atoms with E-state index in [1.807, 2.05) is 43.0 Å². The van der Waals surface area contributed by atoms with Crippen LogP contribution < -0.4 is 9.47 Å². The minimum absolute atomic E-state index is 0.0258. The van der Waals surface area contributed by atoms with Crippen molar-refractivity contribution in [2.75, 3.05) is 13.1 Å². The van der Waals surface area contributed by atoms with Crippen molar-refractivity contribution in [3.8, 4) is 11.5 Å². The number of aryl methyl sites for hydroxylation is 1. The van der Waals surface area contributed by atoms with E-state index in [0.29, 0.717) is 36.3 Å². The largest absolute Gasteiger partial charge is 0.482 e. The zero-order chi connectivity index (χ0) is 17.4. The summed E-state index contributed by atoms with van der Waals surface area (Å²) in [5, 5.41) is 3.85. The molecular formula is C18H21N3O4. The van der Waals surface area contributed by atoms with Crippen molar-refractivity contribution in [2.45, 2.75) is 44.8 Å². The zero-order valence-corrected chi connectivity index (χ0v) is 14.3. The molecule has 1 amide bonds. The number of carbonyl (C=O) groups is 1. The van der Waals surface area contributed by atoms with E-state index in [2.05, 4.69) is 10.1 Å². The van der Waals surface area contributed by atoms with Gasteiger partial charge >= 0.3 is 0 Å². The quantitative estimate of drug-likeness (QED) is 0.833. The highest BCUT2D eigenvalue weighted by atomic mass is 16.6. The summed E-state index contributed by atoms with van der Waals surface area (Å²) in [6, 6.07) is 7.44. The Morgan fingerprint density at radius 3 is 2.48 bits per heavy atom. The van der Waals surface area contributed by atoms with Crippen LogP contribution >= 0.6 is 0 Å². The summed E-state index contributed by atoms with van der Waals surface area (Å²) in [4.78, 5) is 19.0. The van der Waals surface area contributed by atoms with Gasteiger partial charge in [-0.3, -0.25) is 4.79 Å². The molecule has 0 N–H and O–H groups in total. The summed E-state index contributed by atoms with van der Waals surface area (Å²) in [6.07, 6.45) is 0.688. The van der Waals surface area contributed by atoms with Crippen molar-refractivity contribution in [2.24, 2.45) is 0 Å². The molecule has 2 aliphatic heterocycles. The van der Waals surface area contributed by atoms with Crippen LogP contribution in [0.4, 0.5) is 0 Å². The van der Waals surface area contributed by atoms with Gasteiger partial charge in [0.05, 0.1) is 0 Å². The Labute approximate surface area is 145 Å². The molecule has 25 heavy (non-hydrogen) atoms. The zero-order valence-electron chi connectivity index (χ0n) is 14.3. The van der Waals surface area contributed by atoms with Crippen LogP contribution in [0, 0.1) is 6.92 Å². The van der Waals surface area contributed by atoms with Crippen molar-refractivity contribution in [1.82, 2.24) is 15.0 Å². The van der Waals surface area contributed by atoms with Gasteiger partial charge in [0.2, 0.25) is 12.0 Å². The Bertz CT molecular complexity index is 767. The van der Waals surface area contributed by atoms with Crippen molar-refractivity contribution >= 4 is 5.91 Å². The Hall–Kier alpha value is -2.57. The second-order valence-electron chi connectivity index (χ2n) is 6.59. The highest BCUT2D eigenvalue weighted by Crippen LogP contribution is 2.34. The smallest absolute Gasteiger partial charge is 0.267 e. The number of aromatic nitrogens is 2. The monoisotopic (exact) mass is 343 g/mol. The van der Waals surface area contributed by atoms with Crippen LogP contribution in [-0.4, -0.2) is 46.2 Å². The first-order valence-corrected chi connectivity index (χ1v) is 8.63. The number of likely N-dealkylation sites (tertiary alicyclic amines) is 1. The normalized spacial score (nSPS) is 23.5. The lowest BCUT2D eigenvalue weighted by Crippen LogP contribution is -2.52. The van der Waals surface area contributed by atoms with Gasteiger partial charge in [0.15, 0.2) is 17.3 Å². The van der Waals surface area contributed by atoms with Crippen molar-refractivity contribution < 1.29 is 18.8 Å². The molecule has 0 aliphatic carbocycles. The predicted molar refractivity (Wildman–Crippen MR) is 88.5 cm³/mol. The number of fused-ring (bicyclic) bond motifs is 1. The van der Waals surface area contributed by atoms with Crippen LogP contribution in [0.5, 0.6) is 11.5 Å². The van der Waals surface area contributed by atoms with Gasteiger partial charge in [0.1, 0.15) is 6.10 Å². The molecule has 2 atom stereocenters. The number of ether oxygens (including phenoxy) is 2. The summed E-state index contributed by atoms with van der Waals surface area (Å²) in [6.45, 7) is 4.98. The fourth-order valence-electron chi connectivity index (χ4n) is 3.40. The number of hydrogen-bond donors (Lipinski definition) is 0. The van der Waals surface area contributed by atoms with Gasteiger partial charge in [-0.2, -0.15) is 4.98 Å². The molecule has 2 aromatic rings. The van der Waals surface area contributed by atoms with Crippen LogP contribution in [0.3, 0.4) is 0 Å². The Morgan fingerprint density at radius 2 is 1.84 bits per heavy atom. The van der Waals surface area contributed by atoms with E-state index in [4.69, 9.17) is 14.0 Å². The number of piperidine rings is 1. The average molecular weight is 343 g/mol. The van der Waals surface area contributed by atoms with E-state index >= 15 is 0 Å². The molecule has 0 unspecified atom stereocenters. The van der Waals surface area contributed by atoms with Crippen molar-refractivity contribution in [3.63, 3.8) is 0 Å². The highest BCUT2D eigenvalue weighted by molar-refractivity contribution is 5.82. The summed E-state index contributed by atoms with van der Waals surface area (Å²) >= 11 is 0. The number of rotatable bonds is 2. The highest BCUT2D eigenvalue weighted by Gasteiger charge is 2.38. The molecule has 0 radical (unpaired) electrons. The molecule has 7 nitrogen and oxygen atoms in total. The first-order valence-electron chi connectivity index (χ1n) is 8.63. The van der Waals surface area contributed by atoms with Gasteiger partial charge in [-0.25, -0.2) is 0 Å². The number of carbonyl (C=O) groups excluding carboxylic acids is 1. The predicted octanol–water partition coefficient (Wildman–Crippen LogP) is 2.31. The fourth-order valence-corrected chi connectivity index (χ4v) is 3.40. The molecule has 7 heteroatoms. The van der Waals surface area contributed by atoms with Gasteiger partial charge in [0, 0.05) is 19.0 Å². The van der Waals surface area contributed by atoms with Crippen LogP contribution in [0.25, 0.3) is 0 Å². The van der Waals surface area contributed by atoms with Gasteiger partial charge in [-0.15, -0.1) is 0 Å². The maximum Gasteiger partial charge on any atom is 0.267 e. The molecular weight excluding hydrogens is 322 g/mol. The maximum absolute atomic E-state index is 12.9. The number of hydrogen-bond acceptors (Lipinski definition) is 6. The molecule has 1 saturated heterocycles. The second-order valence-corrected chi connectivity index (χ2v) is 6.59. The molecule has 0 saturated carbocycles. The summed E-state index contributed by atoms with van der Waals surface area (Å²) < 4.78 is 17.0. The minimum atomic E-state index is -0.614. The lowest BCUT2D eigenvalue weighted by atomic mass is 9.96. The Morgan fingerprint density at radius 1 is 1.16 bits per heavy atom. The lowest BCUT2D eigenvalue weighted by Gasteiger charge is -2.37. The third-order valence-electron chi connectivity index (χ3n) is 4.78. The first kappa shape index (κ1) is 15.9. The molecule has 1 aromatic carbocycles. The van der Waals surface area contributed by atoms with Crippen molar-refractivity contribution in [3.05, 3.63) is 36.0 Å². The lowest BCUT2D eigenvalue weighted by molar-refractivity contribution is -0.145. The standard InChI is InChI=1S/C18H21N3O4/c1-11-16(24-15-6-4-3-5-14(15)23-11)18(22)21-9-7-13(8-10-21)17-19-12(2)20-25-17/h3-6,11,13,16H,7-10H2,1-2H3/t11-,16-/m0/s1.